The number of hydrogen-bond acceptors (Lipinski definition) is 6. The quantitative estimate of drug-likeness (QED) is 0.134. The number of aryl methyl sites for hydroxylation is 2. The molecule has 3 aromatic rings. The summed E-state index contributed by atoms with van der Waals surface area (Å²) in [5.41, 5.74) is 7.59. The van der Waals surface area contributed by atoms with Gasteiger partial charge >= 0.3 is 49.7 Å². The minimum absolute atomic E-state index is 0. The number of aliphatic carboxylic acids is 2. The summed E-state index contributed by atoms with van der Waals surface area (Å²) in [5.74, 6) is -3.00. The third-order valence-electron chi connectivity index (χ3n) is 4.79. The number of nitrogens with zero attached hydrogens (tertiary/aromatic N) is 1. The summed E-state index contributed by atoms with van der Waals surface area (Å²) in [6, 6.07) is 5.30. The number of carbonyl (C=O) groups excluding carboxylic acids is 1. The van der Waals surface area contributed by atoms with Crippen LogP contribution in [0.2, 0.25) is 0 Å². The number of aromatic nitrogens is 3. The maximum atomic E-state index is 12.3. The number of nitrogens with two attached hydrogens (primary N) is 1. The summed E-state index contributed by atoms with van der Waals surface area (Å²) in [4.78, 5) is 55.7. The number of carboxylic acids is 2. The average molecular weight is 569 g/mol. The van der Waals surface area contributed by atoms with E-state index in [1.807, 2.05) is 0 Å². The van der Waals surface area contributed by atoms with E-state index in [0.29, 0.717) is 23.9 Å². The second-order valence-electron chi connectivity index (χ2n) is 6.98. The monoisotopic (exact) mass is 569 g/mol. The van der Waals surface area contributed by atoms with Crippen LogP contribution in [0, 0.1) is 0 Å². The minimum atomic E-state index is -1.30. The van der Waals surface area contributed by atoms with Crippen molar-refractivity contribution in [2.45, 2.75) is 31.7 Å². The fraction of sp³-hybridized carbons (Fsp3) is 0.250. The van der Waals surface area contributed by atoms with Gasteiger partial charge in [0, 0.05) is 18.2 Å². The summed E-state index contributed by atoms with van der Waals surface area (Å²) < 4.78 is 0. The van der Waals surface area contributed by atoms with Gasteiger partial charge in [0.05, 0.1) is 5.39 Å². The molecule has 0 aliphatic heterocycles. The fourth-order valence-electron chi connectivity index (χ4n) is 3.19. The van der Waals surface area contributed by atoms with Gasteiger partial charge in [-0.25, -0.2) is 4.79 Å². The molecule has 1 amide bonds. The van der Waals surface area contributed by atoms with E-state index in [-0.39, 0.29) is 109 Å². The van der Waals surface area contributed by atoms with Crippen LogP contribution in [-0.4, -0.2) is 87.4 Å². The maximum absolute atomic E-state index is 12.3. The SMILES string of the molecule is Nc1nc2[nH]cc(CCc3ccc(C(=O)N[C@@H](CCC(=O)O)C(=O)O)cc3)c2c(=O)[nH]1.O.O.O.O.O.O.O.[H-].[H-].[Li+].[Li+]. The number of amides is 1. The number of hydrogen-bond donors (Lipinski definition) is 6. The number of rotatable bonds is 9. The molecule has 20 heteroatoms. The molecule has 0 spiro atoms. The van der Waals surface area contributed by atoms with Crippen molar-refractivity contribution in [3.8, 4) is 0 Å². The van der Waals surface area contributed by atoms with Crippen LogP contribution >= 0.6 is 0 Å². The number of nitrogen functional groups attached to an aromatic ring is 1. The van der Waals surface area contributed by atoms with E-state index in [1.165, 1.54) is 0 Å². The zero-order valence-corrected chi connectivity index (χ0v) is 21.8. The van der Waals surface area contributed by atoms with E-state index in [1.54, 1.807) is 30.5 Å². The number of H-pyrrole nitrogens is 2. The van der Waals surface area contributed by atoms with Crippen LogP contribution in [0.5, 0.6) is 0 Å². The summed E-state index contributed by atoms with van der Waals surface area (Å²) >= 11 is 0. The van der Waals surface area contributed by atoms with Crippen molar-refractivity contribution in [1.82, 2.24) is 20.3 Å². The number of carbonyl (C=O) groups is 3. The number of carboxylic acid groups (broad SMARTS) is 2. The molecule has 0 aliphatic rings. The molecular weight excluding hydrogens is 532 g/mol. The van der Waals surface area contributed by atoms with Crippen molar-refractivity contribution in [2.75, 3.05) is 5.73 Å². The first-order chi connectivity index (χ1) is 14.7. The van der Waals surface area contributed by atoms with Crippen molar-refractivity contribution in [3.05, 3.63) is 57.5 Å². The molecule has 0 unspecified atom stereocenters. The van der Waals surface area contributed by atoms with Crippen LogP contribution in [0.15, 0.2) is 35.3 Å². The van der Waals surface area contributed by atoms with E-state index < -0.39 is 23.9 Å². The smallest absolute Gasteiger partial charge is 1.00 e. The zero-order valence-electron chi connectivity index (χ0n) is 23.8. The van der Waals surface area contributed by atoms with E-state index in [0.717, 1.165) is 11.1 Å². The Balaban J connectivity index is -0.000000141. The molecule has 2 heterocycles. The van der Waals surface area contributed by atoms with Gasteiger partial charge in [-0.2, -0.15) is 4.98 Å². The zero-order chi connectivity index (χ0) is 22.5. The van der Waals surface area contributed by atoms with Crippen LogP contribution in [0.1, 0.15) is 37.2 Å². The van der Waals surface area contributed by atoms with Gasteiger partial charge in [0.15, 0.2) is 0 Å². The van der Waals surface area contributed by atoms with Gasteiger partial charge < -0.3 is 67.4 Å². The molecule has 40 heavy (non-hydrogen) atoms. The largest absolute Gasteiger partial charge is 1.00 e. The molecular formula is C20H37Li2N5O13. The van der Waals surface area contributed by atoms with Gasteiger partial charge in [0.2, 0.25) is 5.95 Å². The van der Waals surface area contributed by atoms with Gasteiger partial charge in [0.1, 0.15) is 11.7 Å². The molecule has 0 saturated carbocycles. The van der Waals surface area contributed by atoms with Gasteiger partial charge in [0.25, 0.3) is 11.5 Å². The molecule has 21 N–H and O–H groups in total. The van der Waals surface area contributed by atoms with Gasteiger partial charge in [-0.3, -0.25) is 19.4 Å². The van der Waals surface area contributed by atoms with Gasteiger partial charge in [-0.15, -0.1) is 0 Å². The third-order valence-corrected chi connectivity index (χ3v) is 4.79. The van der Waals surface area contributed by atoms with Crippen LogP contribution in [0.3, 0.4) is 0 Å². The molecule has 1 aromatic carbocycles. The molecule has 0 aliphatic carbocycles. The molecule has 2 aromatic heterocycles. The third kappa shape index (κ3) is 13.7. The molecule has 0 fully saturated rings. The molecule has 0 radical (unpaired) electrons. The first-order valence-electron chi connectivity index (χ1n) is 9.44. The molecule has 1 atom stereocenters. The van der Waals surface area contributed by atoms with Crippen LogP contribution in [0.25, 0.3) is 11.0 Å². The fourth-order valence-corrected chi connectivity index (χ4v) is 3.19. The van der Waals surface area contributed by atoms with E-state index >= 15 is 0 Å². The van der Waals surface area contributed by atoms with Gasteiger partial charge in [-0.05, 0) is 42.5 Å². The number of aromatic amines is 2. The first-order valence-corrected chi connectivity index (χ1v) is 9.44. The minimum Gasteiger partial charge on any atom is -1.00 e. The molecule has 3 rings (SSSR count). The molecule has 222 valence electrons. The van der Waals surface area contributed by atoms with Crippen LogP contribution in [0.4, 0.5) is 5.95 Å². The van der Waals surface area contributed by atoms with E-state index in [2.05, 4.69) is 20.3 Å². The Morgan fingerprint density at radius 3 is 2.00 bits per heavy atom. The number of anilines is 1. The first kappa shape index (κ1) is 53.1. The predicted molar refractivity (Wildman–Crippen MR) is 138 cm³/mol. The van der Waals surface area contributed by atoms with E-state index in [4.69, 9.17) is 15.9 Å². The molecule has 18 nitrogen and oxygen atoms in total. The average Bonchev–Trinajstić information content (AvgIpc) is 3.12. The standard InChI is InChI=1S/C20H21N5O6.2Li.7H2O.2H/c21-20-24-16-15(18(29)25-20)12(9-22-16)6-3-10-1-4-11(5-2-10)17(28)23-13(19(30)31)7-8-14(26)27;;;;;;;;;;;/h1-2,4-5,9,13H,3,6-8H2,(H,23,28)(H,26,27)(H,30,31)(H4,21,22,24,25,29);;;7*1H2;;/q;2*+1;;;;;;;;2*-1/t13-;;;;;;;;;;;/m0.........../s1. The Morgan fingerprint density at radius 2 is 1.50 bits per heavy atom. The van der Waals surface area contributed by atoms with Crippen molar-refractivity contribution in [2.24, 2.45) is 0 Å². The maximum Gasteiger partial charge on any atom is 1.00 e. The Kier molecular flexibility index (Phi) is 31.4. The van der Waals surface area contributed by atoms with E-state index in [9.17, 15) is 19.2 Å². The molecule has 0 bridgehead atoms. The Morgan fingerprint density at radius 1 is 0.950 bits per heavy atom. The van der Waals surface area contributed by atoms with Crippen LogP contribution < -0.4 is 54.3 Å². The number of fused-ring (bicyclic) bond motifs is 1. The molecule has 0 saturated heterocycles. The number of nitrogens with one attached hydrogen (secondary N) is 3. The number of benzene rings is 1. The normalized spacial score (nSPS) is 9.20. The predicted octanol–water partition coefficient (Wildman–Crippen LogP) is -10.9. The summed E-state index contributed by atoms with van der Waals surface area (Å²) in [6.07, 6.45) is 2.27. The second-order valence-corrected chi connectivity index (χ2v) is 6.98. The Hall–Kier alpha value is -3.24. The van der Waals surface area contributed by atoms with Crippen molar-refractivity contribution >= 4 is 34.8 Å². The van der Waals surface area contributed by atoms with Crippen molar-refractivity contribution in [1.29, 1.82) is 0 Å². The Labute approximate surface area is 253 Å². The van der Waals surface area contributed by atoms with Crippen molar-refractivity contribution in [3.63, 3.8) is 0 Å². The van der Waals surface area contributed by atoms with Crippen molar-refractivity contribution < 1.29 is 104 Å². The van der Waals surface area contributed by atoms with Gasteiger partial charge in [-0.1, -0.05) is 12.1 Å². The topological polar surface area (TPSA) is 412 Å². The Bertz CT molecular complexity index is 1220. The van der Waals surface area contributed by atoms with Crippen LogP contribution in [-0.2, 0) is 22.4 Å². The summed E-state index contributed by atoms with van der Waals surface area (Å²) in [6.45, 7) is 0. The summed E-state index contributed by atoms with van der Waals surface area (Å²) in [5, 5.41) is 20.6. The summed E-state index contributed by atoms with van der Waals surface area (Å²) in [7, 11) is 0. The second kappa shape index (κ2) is 23.6.